The van der Waals surface area contributed by atoms with Gasteiger partial charge in [-0.15, -0.1) is 11.3 Å². The van der Waals surface area contributed by atoms with E-state index >= 15 is 0 Å². The maximum absolute atomic E-state index is 12.4. The third-order valence-corrected chi connectivity index (χ3v) is 6.46. The van der Waals surface area contributed by atoms with Crippen molar-refractivity contribution >= 4 is 22.2 Å². The summed E-state index contributed by atoms with van der Waals surface area (Å²) in [7, 11) is 2.14. The zero-order valence-electron chi connectivity index (χ0n) is 14.4. The minimum absolute atomic E-state index is 0.0983. The number of hydrogen-bond acceptors (Lipinski definition) is 4. The van der Waals surface area contributed by atoms with Crippen molar-refractivity contribution in [1.82, 2.24) is 10.2 Å². The molecule has 3 rings (SSSR count). The number of rotatable bonds is 4. The maximum atomic E-state index is 12.4. The van der Waals surface area contributed by atoms with Gasteiger partial charge in [-0.1, -0.05) is 6.42 Å². The lowest BCUT2D eigenvalue weighted by atomic mass is 10.0. The van der Waals surface area contributed by atoms with E-state index in [4.69, 9.17) is 0 Å². The predicted octanol–water partition coefficient (Wildman–Crippen LogP) is 3.12. The first-order valence-corrected chi connectivity index (χ1v) is 9.83. The van der Waals surface area contributed by atoms with Crippen molar-refractivity contribution in [3.05, 3.63) is 16.5 Å². The molecule has 0 spiro atoms. The van der Waals surface area contributed by atoms with Crippen LogP contribution in [0.1, 0.15) is 54.3 Å². The largest absolute Gasteiger partial charge is 0.366 e. The Morgan fingerprint density at radius 1 is 1.30 bits per heavy atom. The number of thiophene rings is 1. The molecule has 1 aromatic heterocycles. The number of nitrogens with zero attached hydrogens (tertiary/aromatic N) is 2. The van der Waals surface area contributed by atoms with Gasteiger partial charge in [-0.25, -0.2) is 0 Å². The summed E-state index contributed by atoms with van der Waals surface area (Å²) in [5, 5.41) is 4.41. The standard InChI is InChI=1S/C18H29N3OS/c1-14-7-3-6-11-21(14)12-9-19-17(22)16-13-15-8-4-5-10-20(2)18(15)23-16/h13-14H,3-12H2,1-2H3,(H,19,22)/t14-/m0/s1. The van der Waals surface area contributed by atoms with Crippen LogP contribution in [0.15, 0.2) is 6.07 Å². The van der Waals surface area contributed by atoms with Gasteiger partial charge < -0.3 is 10.2 Å². The molecule has 1 aromatic rings. The molecule has 2 aliphatic rings. The summed E-state index contributed by atoms with van der Waals surface area (Å²) in [6.45, 7) is 6.29. The molecule has 1 amide bonds. The maximum Gasteiger partial charge on any atom is 0.261 e. The highest BCUT2D eigenvalue weighted by atomic mass is 32.1. The molecule has 0 radical (unpaired) electrons. The van der Waals surface area contributed by atoms with Gasteiger partial charge >= 0.3 is 0 Å². The van der Waals surface area contributed by atoms with E-state index in [1.165, 1.54) is 49.2 Å². The van der Waals surface area contributed by atoms with Gasteiger partial charge in [0.1, 0.15) is 0 Å². The highest BCUT2D eigenvalue weighted by Crippen LogP contribution is 2.34. The molecule has 1 atom stereocenters. The van der Waals surface area contributed by atoms with Crippen molar-refractivity contribution in [1.29, 1.82) is 0 Å². The smallest absolute Gasteiger partial charge is 0.261 e. The Labute approximate surface area is 143 Å². The van der Waals surface area contributed by atoms with Crippen LogP contribution in [0.3, 0.4) is 0 Å². The molecule has 1 fully saturated rings. The van der Waals surface area contributed by atoms with E-state index in [9.17, 15) is 4.79 Å². The lowest BCUT2D eigenvalue weighted by molar-refractivity contribution is 0.0942. The molecule has 0 unspecified atom stereocenters. The number of fused-ring (bicyclic) bond motifs is 1. The summed E-state index contributed by atoms with van der Waals surface area (Å²) in [6, 6.07) is 2.77. The Kier molecular flexibility index (Phi) is 5.59. The second-order valence-electron chi connectivity index (χ2n) is 6.96. The lowest BCUT2D eigenvalue weighted by Gasteiger charge is -2.33. The van der Waals surface area contributed by atoms with Crippen LogP contribution in [0, 0.1) is 0 Å². The number of carbonyl (C=O) groups is 1. The van der Waals surface area contributed by atoms with E-state index in [2.05, 4.69) is 35.2 Å². The highest BCUT2D eigenvalue weighted by Gasteiger charge is 2.20. The summed E-state index contributed by atoms with van der Waals surface area (Å²) in [4.78, 5) is 18.1. The van der Waals surface area contributed by atoms with E-state index in [1.807, 2.05) is 0 Å². The van der Waals surface area contributed by atoms with E-state index in [1.54, 1.807) is 11.3 Å². The Morgan fingerprint density at radius 2 is 2.13 bits per heavy atom. The molecular weight excluding hydrogens is 306 g/mol. The first kappa shape index (κ1) is 16.8. The number of hydrogen-bond donors (Lipinski definition) is 1. The van der Waals surface area contributed by atoms with Crippen LogP contribution >= 0.6 is 11.3 Å². The summed E-state index contributed by atoms with van der Waals surface area (Å²) < 4.78 is 0. The third-order valence-electron chi connectivity index (χ3n) is 5.17. The van der Waals surface area contributed by atoms with E-state index < -0.39 is 0 Å². The molecule has 5 heteroatoms. The fourth-order valence-corrected chi connectivity index (χ4v) is 4.80. The average Bonchev–Trinajstić information content (AvgIpc) is 2.90. The third kappa shape index (κ3) is 4.07. The first-order chi connectivity index (χ1) is 11.1. The normalized spacial score (nSPS) is 22.5. The van der Waals surface area contributed by atoms with Crippen LogP contribution in [-0.2, 0) is 6.42 Å². The van der Waals surface area contributed by atoms with Crippen LogP contribution in [0.5, 0.6) is 0 Å². The predicted molar refractivity (Wildman–Crippen MR) is 97.7 cm³/mol. The molecule has 1 N–H and O–H groups in total. The summed E-state index contributed by atoms with van der Waals surface area (Å²) >= 11 is 1.65. The molecule has 0 aromatic carbocycles. The van der Waals surface area contributed by atoms with Crippen molar-refractivity contribution < 1.29 is 4.79 Å². The summed E-state index contributed by atoms with van der Waals surface area (Å²) in [6.07, 6.45) is 7.50. The van der Waals surface area contributed by atoms with Crippen LogP contribution in [0.4, 0.5) is 5.00 Å². The molecule has 1 saturated heterocycles. The molecule has 3 heterocycles. The topological polar surface area (TPSA) is 35.6 Å². The number of likely N-dealkylation sites (tertiary alicyclic amines) is 1. The molecule has 128 valence electrons. The second kappa shape index (κ2) is 7.67. The van der Waals surface area contributed by atoms with Crippen LogP contribution in [-0.4, -0.2) is 50.1 Å². The molecule has 0 bridgehead atoms. The van der Waals surface area contributed by atoms with Gasteiger partial charge in [-0.05, 0) is 57.2 Å². The van der Waals surface area contributed by atoms with Crippen molar-refractivity contribution in [2.75, 3.05) is 38.1 Å². The van der Waals surface area contributed by atoms with Crippen molar-refractivity contribution in [3.8, 4) is 0 Å². The zero-order valence-corrected chi connectivity index (χ0v) is 15.3. The number of aryl methyl sites for hydroxylation is 1. The van der Waals surface area contributed by atoms with Crippen LogP contribution in [0.2, 0.25) is 0 Å². The minimum atomic E-state index is 0.0983. The highest BCUT2D eigenvalue weighted by molar-refractivity contribution is 7.18. The molecule has 4 nitrogen and oxygen atoms in total. The van der Waals surface area contributed by atoms with Gasteiger partial charge in [-0.2, -0.15) is 0 Å². The molecule has 0 aliphatic carbocycles. The number of piperidine rings is 1. The number of carbonyl (C=O) groups excluding carboxylic acids is 1. The molecule has 2 aliphatic heterocycles. The van der Waals surface area contributed by atoms with Gasteiger partial charge in [0.05, 0.1) is 9.88 Å². The van der Waals surface area contributed by atoms with Crippen LogP contribution < -0.4 is 10.2 Å². The quantitative estimate of drug-likeness (QED) is 0.918. The Hall–Kier alpha value is -1.07. The van der Waals surface area contributed by atoms with Crippen LogP contribution in [0.25, 0.3) is 0 Å². The monoisotopic (exact) mass is 335 g/mol. The Balaban J connectivity index is 1.53. The van der Waals surface area contributed by atoms with Gasteiger partial charge in [0.2, 0.25) is 0 Å². The van der Waals surface area contributed by atoms with Gasteiger partial charge in [-0.3, -0.25) is 9.69 Å². The summed E-state index contributed by atoms with van der Waals surface area (Å²) in [5.41, 5.74) is 1.35. The first-order valence-electron chi connectivity index (χ1n) is 9.01. The van der Waals surface area contributed by atoms with Crippen molar-refractivity contribution in [2.24, 2.45) is 0 Å². The number of anilines is 1. The van der Waals surface area contributed by atoms with Gasteiger partial charge in [0.15, 0.2) is 0 Å². The fraction of sp³-hybridized carbons (Fsp3) is 0.722. The van der Waals surface area contributed by atoms with Gasteiger partial charge in [0, 0.05) is 32.7 Å². The Bertz CT molecular complexity index is 542. The molecule has 23 heavy (non-hydrogen) atoms. The SMILES string of the molecule is C[C@H]1CCCCN1CCNC(=O)c1cc2c(s1)N(C)CCCC2. The van der Waals surface area contributed by atoms with E-state index in [-0.39, 0.29) is 5.91 Å². The fourth-order valence-electron chi connectivity index (χ4n) is 3.69. The number of nitrogens with one attached hydrogen (secondary N) is 1. The van der Waals surface area contributed by atoms with E-state index in [0.717, 1.165) is 30.9 Å². The average molecular weight is 336 g/mol. The zero-order chi connectivity index (χ0) is 16.2. The summed E-state index contributed by atoms with van der Waals surface area (Å²) in [5.74, 6) is 0.0983. The minimum Gasteiger partial charge on any atom is -0.366 e. The molecule has 0 saturated carbocycles. The van der Waals surface area contributed by atoms with Crippen molar-refractivity contribution in [2.45, 2.75) is 51.5 Å². The second-order valence-corrected chi connectivity index (χ2v) is 7.99. The number of amides is 1. The molecular formula is C18H29N3OS. The lowest BCUT2D eigenvalue weighted by Crippen LogP contribution is -2.42. The Morgan fingerprint density at radius 3 is 2.96 bits per heavy atom. The van der Waals surface area contributed by atoms with Crippen molar-refractivity contribution in [3.63, 3.8) is 0 Å². The van der Waals surface area contributed by atoms with Gasteiger partial charge in [0.25, 0.3) is 5.91 Å². The van der Waals surface area contributed by atoms with E-state index in [0.29, 0.717) is 6.04 Å².